The zero-order valence-electron chi connectivity index (χ0n) is 13.1. The lowest BCUT2D eigenvalue weighted by Gasteiger charge is -2.24. The van der Waals surface area contributed by atoms with E-state index in [-0.39, 0.29) is 11.8 Å². The van der Waals surface area contributed by atoms with E-state index < -0.39 is 5.97 Å². The number of carbonyl (C=O) groups is 1. The molecule has 3 nitrogen and oxygen atoms in total. The summed E-state index contributed by atoms with van der Waals surface area (Å²) in [6.07, 6.45) is 1.97. The molecular formula is C17H27NO2. The third kappa shape index (κ3) is 6.71. The maximum Gasteiger partial charge on any atom is 0.303 e. The number of nitrogens with one attached hydrogen (secondary N) is 1. The zero-order chi connectivity index (χ0) is 15.2. The zero-order valence-corrected chi connectivity index (χ0v) is 13.1. The van der Waals surface area contributed by atoms with Gasteiger partial charge in [0, 0.05) is 13.0 Å². The van der Waals surface area contributed by atoms with E-state index in [1.807, 2.05) is 0 Å². The average molecular weight is 277 g/mol. The van der Waals surface area contributed by atoms with Gasteiger partial charge < -0.3 is 10.4 Å². The molecular weight excluding hydrogens is 250 g/mol. The molecule has 1 aromatic rings. The SMILES string of the molecule is Cc1cc(C)cc(CNCCC(C)(C)CCC(=O)O)c1. The maximum atomic E-state index is 10.6. The highest BCUT2D eigenvalue weighted by atomic mass is 16.4. The summed E-state index contributed by atoms with van der Waals surface area (Å²) in [5.74, 6) is -0.707. The highest BCUT2D eigenvalue weighted by Gasteiger charge is 2.18. The van der Waals surface area contributed by atoms with Crippen LogP contribution < -0.4 is 5.32 Å². The Morgan fingerprint density at radius 1 is 1.15 bits per heavy atom. The van der Waals surface area contributed by atoms with Gasteiger partial charge in [-0.3, -0.25) is 4.79 Å². The summed E-state index contributed by atoms with van der Waals surface area (Å²) >= 11 is 0. The summed E-state index contributed by atoms with van der Waals surface area (Å²) in [5.41, 5.74) is 3.98. The molecule has 3 heteroatoms. The van der Waals surface area contributed by atoms with E-state index in [1.54, 1.807) is 0 Å². The van der Waals surface area contributed by atoms with Crippen molar-refractivity contribution >= 4 is 5.97 Å². The number of rotatable bonds is 8. The molecule has 1 rings (SSSR count). The smallest absolute Gasteiger partial charge is 0.303 e. The van der Waals surface area contributed by atoms with Crippen molar-refractivity contribution in [1.82, 2.24) is 5.32 Å². The molecule has 0 aliphatic rings. The molecule has 0 aliphatic carbocycles. The van der Waals surface area contributed by atoms with Gasteiger partial charge in [-0.1, -0.05) is 43.2 Å². The first kappa shape index (κ1) is 16.7. The topological polar surface area (TPSA) is 49.3 Å². The third-order valence-corrected chi connectivity index (χ3v) is 3.60. The van der Waals surface area contributed by atoms with Gasteiger partial charge in [0.05, 0.1) is 0 Å². The molecule has 0 unspecified atom stereocenters. The monoisotopic (exact) mass is 277 g/mol. The molecule has 20 heavy (non-hydrogen) atoms. The van der Waals surface area contributed by atoms with Crippen LogP contribution in [0, 0.1) is 19.3 Å². The van der Waals surface area contributed by atoms with Crippen molar-refractivity contribution in [3.8, 4) is 0 Å². The summed E-state index contributed by atoms with van der Waals surface area (Å²) in [6, 6.07) is 6.59. The normalized spacial score (nSPS) is 11.6. The van der Waals surface area contributed by atoms with Crippen molar-refractivity contribution in [2.45, 2.75) is 53.5 Å². The first-order valence-electron chi connectivity index (χ1n) is 7.28. The summed E-state index contributed by atoms with van der Waals surface area (Å²) < 4.78 is 0. The Bertz CT molecular complexity index is 432. The van der Waals surface area contributed by atoms with Gasteiger partial charge in [0.2, 0.25) is 0 Å². The van der Waals surface area contributed by atoms with Gasteiger partial charge in [-0.05, 0) is 44.2 Å². The lowest BCUT2D eigenvalue weighted by atomic mass is 9.84. The summed E-state index contributed by atoms with van der Waals surface area (Å²) in [7, 11) is 0. The van der Waals surface area contributed by atoms with Crippen LogP contribution in [0.4, 0.5) is 0 Å². The van der Waals surface area contributed by atoms with Gasteiger partial charge in [0.15, 0.2) is 0 Å². The van der Waals surface area contributed by atoms with E-state index in [0.29, 0.717) is 0 Å². The fourth-order valence-corrected chi connectivity index (χ4v) is 2.40. The fraction of sp³-hybridized carbons (Fsp3) is 0.588. The maximum absolute atomic E-state index is 10.6. The van der Waals surface area contributed by atoms with Crippen molar-refractivity contribution < 1.29 is 9.90 Å². The number of hydrogen-bond donors (Lipinski definition) is 2. The molecule has 0 aliphatic heterocycles. The minimum absolute atomic E-state index is 0.0773. The minimum atomic E-state index is -0.707. The number of carboxylic acid groups (broad SMARTS) is 1. The van der Waals surface area contributed by atoms with E-state index in [4.69, 9.17) is 5.11 Å². The number of benzene rings is 1. The van der Waals surface area contributed by atoms with Crippen molar-refractivity contribution in [2.24, 2.45) is 5.41 Å². The van der Waals surface area contributed by atoms with E-state index in [9.17, 15) is 4.79 Å². The molecule has 0 spiro atoms. The molecule has 112 valence electrons. The Morgan fingerprint density at radius 2 is 1.75 bits per heavy atom. The lowest BCUT2D eigenvalue weighted by molar-refractivity contribution is -0.137. The van der Waals surface area contributed by atoms with Crippen LogP contribution in [-0.4, -0.2) is 17.6 Å². The first-order valence-corrected chi connectivity index (χ1v) is 7.28. The summed E-state index contributed by atoms with van der Waals surface area (Å²) in [4.78, 5) is 10.6. The molecule has 2 N–H and O–H groups in total. The Hall–Kier alpha value is -1.35. The molecule has 0 atom stereocenters. The molecule has 0 fully saturated rings. The average Bonchev–Trinajstić information content (AvgIpc) is 2.31. The quantitative estimate of drug-likeness (QED) is 0.713. The van der Waals surface area contributed by atoms with Crippen LogP contribution in [0.1, 0.15) is 49.8 Å². The Kier molecular flexibility index (Phi) is 6.21. The Morgan fingerprint density at radius 3 is 2.30 bits per heavy atom. The van der Waals surface area contributed by atoms with E-state index in [0.717, 1.165) is 25.9 Å². The van der Waals surface area contributed by atoms with E-state index in [1.165, 1.54) is 16.7 Å². The summed E-state index contributed by atoms with van der Waals surface area (Å²) in [6.45, 7) is 10.3. The fourth-order valence-electron chi connectivity index (χ4n) is 2.40. The molecule has 0 heterocycles. The summed E-state index contributed by atoms with van der Waals surface area (Å²) in [5, 5.41) is 12.2. The highest BCUT2D eigenvalue weighted by Crippen LogP contribution is 2.26. The van der Waals surface area contributed by atoms with Crippen LogP contribution in [0.2, 0.25) is 0 Å². The standard InChI is InChI=1S/C17H27NO2/c1-13-9-14(2)11-15(10-13)12-18-8-7-17(3,4)6-5-16(19)20/h9-11,18H,5-8,12H2,1-4H3,(H,19,20). The van der Waals surface area contributed by atoms with Crippen molar-refractivity contribution in [3.63, 3.8) is 0 Å². The second-order valence-electron chi connectivity index (χ2n) is 6.48. The second-order valence-corrected chi connectivity index (χ2v) is 6.48. The predicted octanol–water partition coefficient (Wildman–Crippen LogP) is 3.67. The van der Waals surface area contributed by atoms with Crippen LogP contribution in [0.25, 0.3) is 0 Å². The van der Waals surface area contributed by atoms with Gasteiger partial charge in [0.1, 0.15) is 0 Å². The minimum Gasteiger partial charge on any atom is -0.481 e. The predicted molar refractivity (Wildman–Crippen MR) is 82.9 cm³/mol. The van der Waals surface area contributed by atoms with Gasteiger partial charge in [-0.25, -0.2) is 0 Å². The Balaban J connectivity index is 2.32. The molecule has 0 bridgehead atoms. The first-order chi connectivity index (χ1) is 9.28. The number of hydrogen-bond acceptors (Lipinski definition) is 2. The third-order valence-electron chi connectivity index (χ3n) is 3.60. The van der Waals surface area contributed by atoms with Gasteiger partial charge in [-0.15, -0.1) is 0 Å². The van der Waals surface area contributed by atoms with Gasteiger partial charge in [-0.2, -0.15) is 0 Å². The van der Waals surface area contributed by atoms with E-state index in [2.05, 4.69) is 51.2 Å². The number of carboxylic acids is 1. The van der Waals surface area contributed by atoms with Gasteiger partial charge >= 0.3 is 5.97 Å². The van der Waals surface area contributed by atoms with Crippen molar-refractivity contribution in [2.75, 3.05) is 6.54 Å². The number of aliphatic carboxylic acids is 1. The van der Waals surface area contributed by atoms with E-state index >= 15 is 0 Å². The van der Waals surface area contributed by atoms with Crippen LogP contribution in [0.5, 0.6) is 0 Å². The molecule has 0 aromatic heterocycles. The van der Waals surface area contributed by atoms with Crippen molar-refractivity contribution in [3.05, 3.63) is 34.9 Å². The lowest BCUT2D eigenvalue weighted by Crippen LogP contribution is -2.23. The molecule has 1 aromatic carbocycles. The number of aryl methyl sites for hydroxylation is 2. The Labute approximate surface area is 122 Å². The molecule has 0 saturated heterocycles. The second kappa shape index (κ2) is 7.44. The molecule has 0 amide bonds. The van der Waals surface area contributed by atoms with Crippen LogP contribution in [0.3, 0.4) is 0 Å². The highest BCUT2D eigenvalue weighted by molar-refractivity contribution is 5.66. The van der Waals surface area contributed by atoms with Crippen molar-refractivity contribution in [1.29, 1.82) is 0 Å². The van der Waals surface area contributed by atoms with Crippen LogP contribution in [-0.2, 0) is 11.3 Å². The molecule has 0 radical (unpaired) electrons. The largest absolute Gasteiger partial charge is 0.481 e. The van der Waals surface area contributed by atoms with Crippen LogP contribution in [0.15, 0.2) is 18.2 Å². The van der Waals surface area contributed by atoms with Gasteiger partial charge in [0.25, 0.3) is 0 Å². The van der Waals surface area contributed by atoms with Crippen LogP contribution >= 0.6 is 0 Å². The molecule has 0 saturated carbocycles.